The van der Waals surface area contributed by atoms with Crippen LogP contribution in [0.3, 0.4) is 0 Å². The minimum absolute atomic E-state index is 0.640. The smallest absolute Gasteiger partial charge is 0.150 e. The van der Waals surface area contributed by atoms with Crippen molar-refractivity contribution in [3.63, 3.8) is 0 Å². The Hall–Kier alpha value is -1.35. The fourth-order valence-corrected chi connectivity index (χ4v) is 1.40. The minimum Gasteiger partial charge on any atom is -0.493 e. The van der Waals surface area contributed by atoms with Crippen LogP contribution in [0.4, 0.5) is 0 Å². The average molecular weight is 222 g/mol. The van der Waals surface area contributed by atoms with Crippen molar-refractivity contribution in [1.29, 1.82) is 0 Å². The number of ether oxygens (including phenoxy) is 2. The van der Waals surface area contributed by atoms with Crippen molar-refractivity contribution >= 4 is 6.29 Å². The quantitative estimate of drug-likeness (QED) is 0.525. The third kappa shape index (κ3) is 4.03. The van der Waals surface area contributed by atoms with Crippen molar-refractivity contribution in [3.8, 4) is 5.75 Å². The van der Waals surface area contributed by atoms with Gasteiger partial charge in [-0.25, -0.2) is 0 Å². The van der Waals surface area contributed by atoms with E-state index in [-0.39, 0.29) is 0 Å². The fraction of sp³-hybridized carbons (Fsp3) is 0.462. The number of hydrogen-bond donors (Lipinski definition) is 0. The molecule has 0 spiro atoms. The second-order valence-electron chi connectivity index (χ2n) is 3.54. The highest BCUT2D eigenvalue weighted by molar-refractivity contribution is 5.75. The van der Waals surface area contributed by atoms with Gasteiger partial charge in [-0.15, -0.1) is 0 Å². The van der Waals surface area contributed by atoms with E-state index in [1.807, 2.05) is 26.0 Å². The molecule has 0 N–H and O–H groups in total. The highest BCUT2D eigenvalue weighted by Crippen LogP contribution is 2.18. The van der Waals surface area contributed by atoms with Crippen LogP contribution in [0.15, 0.2) is 18.2 Å². The van der Waals surface area contributed by atoms with Gasteiger partial charge in [0.25, 0.3) is 0 Å². The Morgan fingerprint density at radius 1 is 1.31 bits per heavy atom. The highest BCUT2D eigenvalue weighted by Gasteiger charge is 2.00. The lowest BCUT2D eigenvalue weighted by atomic mass is 10.1. The first kappa shape index (κ1) is 12.7. The van der Waals surface area contributed by atoms with Gasteiger partial charge in [-0.2, -0.15) is 0 Å². The van der Waals surface area contributed by atoms with Crippen LogP contribution in [0.1, 0.15) is 29.3 Å². The van der Waals surface area contributed by atoms with E-state index in [0.29, 0.717) is 12.2 Å². The third-order valence-electron chi connectivity index (χ3n) is 2.23. The van der Waals surface area contributed by atoms with Gasteiger partial charge in [0.05, 0.1) is 6.61 Å². The largest absolute Gasteiger partial charge is 0.493 e. The Bertz CT molecular complexity index is 334. The molecule has 88 valence electrons. The lowest BCUT2D eigenvalue weighted by Crippen LogP contribution is -2.03. The monoisotopic (exact) mass is 222 g/mol. The molecule has 0 saturated heterocycles. The molecule has 0 atom stereocenters. The summed E-state index contributed by atoms with van der Waals surface area (Å²) in [5, 5.41) is 0. The zero-order valence-electron chi connectivity index (χ0n) is 9.86. The molecule has 0 aromatic heterocycles. The Morgan fingerprint density at radius 2 is 2.12 bits per heavy atom. The molecule has 0 fully saturated rings. The molecule has 0 saturated carbocycles. The topological polar surface area (TPSA) is 35.5 Å². The van der Waals surface area contributed by atoms with E-state index in [1.54, 1.807) is 6.07 Å². The molecule has 3 nitrogen and oxygen atoms in total. The second kappa shape index (κ2) is 7.01. The SMILES string of the molecule is CCOCCCOc1ccc(C=O)cc1C. The standard InChI is InChI=1S/C13H18O3/c1-3-15-7-4-8-16-13-6-5-12(10-14)9-11(13)2/h5-6,9-10H,3-4,7-8H2,1-2H3. The maximum atomic E-state index is 10.5. The van der Waals surface area contributed by atoms with E-state index >= 15 is 0 Å². The maximum Gasteiger partial charge on any atom is 0.150 e. The lowest BCUT2D eigenvalue weighted by molar-refractivity contribution is 0.112. The molecule has 1 aromatic rings. The van der Waals surface area contributed by atoms with Crippen molar-refractivity contribution in [1.82, 2.24) is 0 Å². The Morgan fingerprint density at radius 3 is 2.75 bits per heavy atom. The molecule has 3 heteroatoms. The summed E-state index contributed by atoms with van der Waals surface area (Å²) >= 11 is 0. The number of carbonyl (C=O) groups is 1. The normalized spacial score (nSPS) is 10.1. The molecule has 16 heavy (non-hydrogen) atoms. The molecule has 0 unspecified atom stereocenters. The van der Waals surface area contributed by atoms with E-state index in [1.165, 1.54) is 0 Å². The Labute approximate surface area is 96.4 Å². The Balaban J connectivity index is 2.39. The molecule has 0 aliphatic heterocycles. The molecule has 0 bridgehead atoms. The van der Waals surface area contributed by atoms with E-state index in [0.717, 1.165) is 37.2 Å². The summed E-state index contributed by atoms with van der Waals surface area (Å²) in [5.41, 5.74) is 1.67. The van der Waals surface area contributed by atoms with Gasteiger partial charge in [-0.05, 0) is 37.6 Å². The van der Waals surface area contributed by atoms with Crippen LogP contribution in [0.25, 0.3) is 0 Å². The van der Waals surface area contributed by atoms with Crippen LogP contribution in [0, 0.1) is 6.92 Å². The molecule has 1 aromatic carbocycles. The number of benzene rings is 1. The van der Waals surface area contributed by atoms with Crippen LogP contribution < -0.4 is 4.74 Å². The van der Waals surface area contributed by atoms with Gasteiger partial charge < -0.3 is 9.47 Å². The zero-order chi connectivity index (χ0) is 11.8. The van der Waals surface area contributed by atoms with Crippen LogP contribution >= 0.6 is 0 Å². The van der Waals surface area contributed by atoms with Gasteiger partial charge >= 0.3 is 0 Å². The predicted octanol–water partition coefficient (Wildman–Crippen LogP) is 2.61. The number of aryl methyl sites for hydroxylation is 1. The minimum atomic E-state index is 0.640. The molecular formula is C13H18O3. The lowest BCUT2D eigenvalue weighted by Gasteiger charge is -2.09. The van der Waals surface area contributed by atoms with Crippen molar-refractivity contribution in [2.24, 2.45) is 0 Å². The summed E-state index contributed by atoms with van der Waals surface area (Å²) < 4.78 is 10.8. The summed E-state index contributed by atoms with van der Waals surface area (Å²) in [7, 11) is 0. The summed E-state index contributed by atoms with van der Waals surface area (Å²) in [6.45, 7) is 6.02. The second-order valence-corrected chi connectivity index (χ2v) is 3.54. The predicted molar refractivity (Wildman–Crippen MR) is 63.2 cm³/mol. The summed E-state index contributed by atoms with van der Waals surface area (Å²) in [6.07, 6.45) is 1.72. The van der Waals surface area contributed by atoms with E-state index < -0.39 is 0 Å². The van der Waals surface area contributed by atoms with Gasteiger partial charge in [0.2, 0.25) is 0 Å². The molecular weight excluding hydrogens is 204 g/mol. The van der Waals surface area contributed by atoms with Crippen LogP contribution in [0.5, 0.6) is 5.75 Å². The molecule has 1 rings (SSSR count). The first-order chi connectivity index (χ1) is 7.77. The van der Waals surface area contributed by atoms with Crippen LogP contribution in [0.2, 0.25) is 0 Å². The maximum absolute atomic E-state index is 10.5. The molecule has 0 aliphatic carbocycles. The van der Waals surface area contributed by atoms with E-state index in [2.05, 4.69) is 0 Å². The molecule has 0 heterocycles. The summed E-state index contributed by atoms with van der Waals surface area (Å²) in [5.74, 6) is 0.835. The van der Waals surface area contributed by atoms with E-state index in [9.17, 15) is 4.79 Å². The summed E-state index contributed by atoms with van der Waals surface area (Å²) in [6, 6.07) is 5.42. The van der Waals surface area contributed by atoms with Crippen LogP contribution in [-0.2, 0) is 4.74 Å². The van der Waals surface area contributed by atoms with Crippen molar-refractivity contribution in [2.45, 2.75) is 20.3 Å². The number of carbonyl (C=O) groups excluding carboxylic acids is 1. The van der Waals surface area contributed by atoms with Crippen molar-refractivity contribution < 1.29 is 14.3 Å². The first-order valence-corrected chi connectivity index (χ1v) is 5.54. The molecule has 0 radical (unpaired) electrons. The van der Waals surface area contributed by atoms with Crippen molar-refractivity contribution in [2.75, 3.05) is 19.8 Å². The number of hydrogen-bond acceptors (Lipinski definition) is 3. The first-order valence-electron chi connectivity index (χ1n) is 5.54. The number of rotatable bonds is 7. The fourth-order valence-electron chi connectivity index (χ4n) is 1.40. The van der Waals surface area contributed by atoms with Crippen LogP contribution in [-0.4, -0.2) is 26.1 Å². The molecule has 0 aliphatic rings. The summed E-state index contributed by atoms with van der Waals surface area (Å²) in [4.78, 5) is 10.5. The third-order valence-corrected chi connectivity index (χ3v) is 2.23. The zero-order valence-corrected chi connectivity index (χ0v) is 9.86. The van der Waals surface area contributed by atoms with E-state index in [4.69, 9.17) is 9.47 Å². The van der Waals surface area contributed by atoms with Gasteiger partial charge in [-0.3, -0.25) is 4.79 Å². The van der Waals surface area contributed by atoms with Gasteiger partial charge in [0.15, 0.2) is 0 Å². The highest BCUT2D eigenvalue weighted by atomic mass is 16.5. The van der Waals surface area contributed by atoms with Crippen molar-refractivity contribution in [3.05, 3.63) is 29.3 Å². The number of aldehydes is 1. The van der Waals surface area contributed by atoms with Gasteiger partial charge in [-0.1, -0.05) is 0 Å². The Kier molecular flexibility index (Phi) is 5.57. The van der Waals surface area contributed by atoms with Gasteiger partial charge in [0.1, 0.15) is 12.0 Å². The molecule has 0 amide bonds. The average Bonchev–Trinajstić information content (AvgIpc) is 2.30. The van der Waals surface area contributed by atoms with Gasteiger partial charge in [0, 0.05) is 25.2 Å².